The first-order valence-corrected chi connectivity index (χ1v) is 12.4. The monoisotopic (exact) mass is 504 g/mol. The third-order valence-electron chi connectivity index (χ3n) is 6.82. The molecule has 6 nitrogen and oxygen atoms in total. The van der Waals surface area contributed by atoms with Crippen molar-refractivity contribution in [1.29, 1.82) is 0 Å². The highest BCUT2D eigenvalue weighted by Crippen LogP contribution is 2.40. The smallest absolute Gasteiger partial charge is 0.295 e. The van der Waals surface area contributed by atoms with E-state index in [0.717, 1.165) is 27.8 Å². The van der Waals surface area contributed by atoms with Crippen LogP contribution in [0.3, 0.4) is 0 Å². The van der Waals surface area contributed by atoms with Crippen LogP contribution >= 0.6 is 0 Å². The summed E-state index contributed by atoms with van der Waals surface area (Å²) in [4.78, 5) is 32.0. The lowest BCUT2D eigenvalue weighted by molar-refractivity contribution is -0.140. The number of pyridine rings is 1. The minimum atomic E-state index is -0.722. The van der Waals surface area contributed by atoms with Gasteiger partial charge in [-0.25, -0.2) is 0 Å². The van der Waals surface area contributed by atoms with Gasteiger partial charge in [0.2, 0.25) is 0 Å². The minimum absolute atomic E-state index is 0.0708. The van der Waals surface area contributed by atoms with Gasteiger partial charge >= 0.3 is 0 Å². The second-order valence-corrected chi connectivity index (χ2v) is 9.43. The van der Waals surface area contributed by atoms with E-state index in [9.17, 15) is 14.7 Å². The van der Waals surface area contributed by atoms with Crippen LogP contribution in [0.1, 0.15) is 39.4 Å². The summed E-state index contributed by atoms with van der Waals surface area (Å²) >= 11 is 0. The molecule has 0 radical (unpaired) electrons. The van der Waals surface area contributed by atoms with Gasteiger partial charge in [-0.05, 0) is 72.5 Å². The van der Waals surface area contributed by atoms with E-state index in [4.69, 9.17) is 4.74 Å². The van der Waals surface area contributed by atoms with Crippen molar-refractivity contribution >= 4 is 17.4 Å². The van der Waals surface area contributed by atoms with Crippen molar-refractivity contribution < 1.29 is 19.4 Å². The number of ether oxygens (including phenoxy) is 1. The normalized spacial score (nSPS) is 16.6. The van der Waals surface area contributed by atoms with Crippen molar-refractivity contribution in [2.75, 3.05) is 0 Å². The quantitative estimate of drug-likeness (QED) is 0.193. The number of aliphatic hydroxyl groups is 1. The van der Waals surface area contributed by atoms with Crippen LogP contribution in [0.25, 0.3) is 5.76 Å². The molecule has 1 amide bonds. The second-order valence-electron chi connectivity index (χ2n) is 9.43. The molecule has 2 heterocycles. The fourth-order valence-corrected chi connectivity index (χ4v) is 4.62. The summed E-state index contributed by atoms with van der Waals surface area (Å²) in [5.41, 5.74) is 5.40. The zero-order valence-electron chi connectivity index (χ0n) is 21.3. The first kappa shape index (κ1) is 25.0. The molecule has 0 saturated carbocycles. The highest BCUT2D eigenvalue weighted by Gasteiger charge is 2.46. The zero-order valence-corrected chi connectivity index (χ0v) is 21.3. The summed E-state index contributed by atoms with van der Waals surface area (Å²) < 4.78 is 5.92. The van der Waals surface area contributed by atoms with Crippen LogP contribution in [0, 0.1) is 13.8 Å². The summed E-state index contributed by atoms with van der Waals surface area (Å²) in [6, 6.07) is 25.5. The van der Waals surface area contributed by atoms with Gasteiger partial charge < -0.3 is 14.7 Å². The number of benzene rings is 3. The number of hydrogen-bond donors (Lipinski definition) is 1. The number of likely N-dealkylation sites (tertiary alicyclic amines) is 1. The summed E-state index contributed by atoms with van der Waals surface area (Å²) in [6.45, 7) is 4.65. The average molecular weight is 505 g/mol. The van der Waals surface area contributed by atoms with E-state index in [1.807, 2.05) is 62.4 Å². The number of carbonyl (C=O) groups is 2. The van der Waals surface area contributed by atoms with Gasteiger partial charge in [-0.15, -0.1) is 0 Å². The fraction of sp³-hybridized carbons (Fsp3) is 0.156. The molecular formula is C32H28N2O4. The number of nitrogens with zero attached hydrogens (tertiary/aromatic N) is 2. The topological polar surface area (TPSA) is 79.7 Å². The van der Waals surface area contributed by atoms with Gasteiger partial charge in [-0.2, -0.15) is 0 Å². The molecule has 1 N–H and O–H groups in total. The maximum Gasteiger partial charge on any atom is 0.295 e. The van der Waals surface area contributed by atoms with Crippen molar-refractivity contribution in [3.05, 3.63) is 136 Å². The number of amides is 1. The molecule has 4 aromatic rings. The zero-order chi connectivity index (χ0) is 26.6. The van der Waals surface area contributed by atoms with Gasteiger partial charge in [0.15, 0.2) is 0 Å². The largest absolute Gasteiger partial charge is 0.507 e. The van der Waals surface area contributed by atoms with Crippen LogP contribution in [-0.4, -0.2) is 26.7 Å². The Morgan fingerprint density at radius 1 is 0.895 bits per heavy atom. The Kier molecular flexibility index (Phi) is 7.05. The van der Waals surface area contributed by atoms with Crippen LogP contribution in [-0.2, 0) is 22.7 Å². The van der Waals surface area contributed by atoms with Gasteiger partial charge in [-0.1, -0.05) is 54.1 Å². The molecule has 0 bridgehead atoms. The maximum absolute atomic E-state index is 13.3. The van der Waals surface area contributed by atoms with Gasteiger partial charge in [0.1, 0.15) is 18.1 Å². The number of carbonyl (C=O) groups excluding carboxylic acids is 2. The Balaban J connectivity index is 1.47. The molecule has 1 atom stereocenters. The van der Waals surface area contributed by atoms with E-state index in [1.165, 1.54) is 4.90 Å². The Hall–Kier alpha value is -4.71. The van der Waals surface area contributed by atoms with Gasteiger partial charge in [-0.3, -0.25) is 14.6 Å². The van der Waals surface area contributed by atoms with Crippen LogP contribution in [0.5, 0.6) is 5.75 Å². The van der Waals surface area contributed by atoms with Crippen LogP contribution in [0.4, 0.5) is 0 Å². The van der Waals surface area contributed by atoms with E-state index in [2.05, 4.69) is 4.98 Å². The molecule has 1 fully saturated rings. The van der Waals surface area contributed by atoms with E-state index >= 15 is 0 Å². The van der Waals surface area contributed by atoms with Crippen LogP contribution in [0.15, 0.2) is 103 Å². The molecule has 1 aliphatic rings. The van der Waals surface area contributed by atoms with Crippen molar-refractivity contribution in [3.8, 4) is 5.75 Å². The molecule has 38 heavy (non-hydrogen) atoms. The number of hydrogen-bond acceptors (Lipinski definition) is 5. The first-order valence-electron chi connectivity index (χ1n) is 12.4. The predicted molar refractivity (Wildman–Crippen MR) is 145 cm³/mol. The van der Waals surface area contributed by atoms with Gasteiger partial charge in [0.25, 0.3) is 11.7 Å². The van der Waals surface area contributed by atoms with Crippen molar-refractivity contribution in [2.45, 2.75) is 33.0 Å². The summed E-state index contributed by atoms with van der Waals surface area (Å²) in [5, 5.41) is 11.3. The number of ketones is 1. The highest BCUT2D eigenvalue weighted by molar-refractivity contribution is 6.46. The molecule has 1 aliphatic heterocycles. The van der Waals surface area contributed by atoms with Gasteiger partial charge in [0, 0.05) is 24.5 Å². The molecule has 6 heteroatoms. The van der Waals surface area contributed by atoms with E-state index < -0.39 is 17.7 Å². The molecule has 190 valence electrons. The molecule has 1 unspecified atom stereocenters. The molecule has 1 saturated heterocycles. The first-order chi connectivity index (χ1) is 18.4. The highest BCUT2D eigenvalue weighted by atomic mass is 16.5. The summed E-state index contributed by atoms with van der Waals surface area (Å²) in [7, 11) is 0. The third kappa shape index (κ3) is 5.06. The molecular weight excluding hydrogens is 476 g/mol. The number of Topliss-reactive ketones (excluding diaryl/α,β-unsaturated/α-hetero) is 1. The predicted octanol–water partition coefficient (Wildman–Crippen LogP) is 5.90. The lowest BCUT2D eigenvalue weighted by Gasteiger charge is -2.25. The van der Waals surface area contributed by atoms with E-state index in [-0.39, 0.29) is 17.9 Å². The Morgan fingerprint density at radius 3 is 2.26 bits per heavy atom. The van der Waals surface area contributed by atoms with E-state index in [0.29, 0.717) is 17.9 Å². The number of aromatic nitrogens is 1. The van der Waals surface area contributed by atoms with Crippen LogP contribution in [0.2, 0.25) is 0 Å². The number of aliphatic hydroxyl groups excluding tert-OH is 1. The molecule has 3 aromatic carbocycles. The number of aryl methyl sites for hydroxylation is 2. The average Bonchev–Trinajstić information content (AvgIpc) is 3.18. The lowest BCUT2D eigenvalue weighted by atomic mass is 9.94. The second kappa shape index (κ2) is 10.7. The standard InChI is InChI=1S/C32H28N2O4/c1-21-7-9-24(10-8-21)29-28(31(36)32(37)34(29)19-23-15-17-33-18-16-23)30(35)25-11-13-27(14-12-25)38-20-26-6-4-3-5-22(26)2/h3-18,29,35H,19-20H2,1-2H3. The lowest BCUT2D eigenvalue weighted by Crippen LogP contribution is -2.29. The molecule has 0 spiro atoms. The van der Waals surface area contributed by atoms with Crippen LogP contribution < -0.4 is 4.74 Å². The maximum atomic E-state index is 13.3. The van der Waals surface area contributed by atoms with Gasteiger partial charge in [0.05, 0.1) is 11.6 Å². The molecule has 5 rings (SSSR count). The summed E-state index contributed by atoms with van der Waals surface area (Å²) in [5.74, 6) is -0.927. The fourth-order valence-electron chi connectivity index (χ4n) is 4.62. The third-order valence-corrected chi connectivity index (χ3v) is 6.82. The minimum Gasteiger partial charge on any atom is -0.507 e. The van der Waals surface area contributed by atoms with Crippen molar-refractivity contribution in [1.82, 2.24) is 9.88 Å². The Morgan fingerprint density at radius 2 is 1.58 bits per heavy atom. The SMILES string of the molecule is Cc1ccc(C2C(=C(O)c3ccc(OCc4ccccc4C)cc3)C(=O)C(=O)N2Cc2ccncc2)cc1. The Bertz CT molecular complexity index is 1490. The van der Waals surface area contributed by atoms with Crippen molar-refractivity contribution in [2.24, 2.45) is 0 Å². The van der Waals surface area contributed by atoms with Crippen molar-refractivity contribution in [3.63, 3.8) is 0 Å². The number of rotatable bonds is 7. The molecule has 0 aliphatic carbocycles. The molecule has 1 aromatic heterocycles. The van der Waals surface area contributed by atoms with E-state index in [1.54, 1.807) is 48.8 Å². The summed E-state index contributed by atoms with van der Waals surface area (Å²) in [6.07, 6.45) is 3.30. The Labute approximate surface area is 221 Å².